The number of rotatable bonds is 12. The summed E-state index contributed by atoms with van der Waals surface area (Å²) in [6.45, 7) is 5.25. The van der Waals surface area contributed by atoms with Gasteiger partial charge in [-0.3, -0.25) is 23.7 Å². The van der Waals surface area contributed by atoms with Gasteiger partial charge in [0.1, 0.15) is 24.0 Å². The highest BCUT2D eigenvalue weighted by Crippen LogP contribution is 2.50. The number of carbonyl (C=O) groups is 1. The van der Waals surface area contributed by atoms with E-state index in [1.54, 1.807) is 0 Å². The monoisotopic (exact) mass is 572 g/mol. The highest BCUT2D eigenvalue weighted by molar-refractivity contribution is 7.51. The van der Waals surface area contributed by atoms with Gasteiger partial charge in [0.05, 0.1) is 6.61 Å². The second-order valence-corrected chi connectivity index (χ2v) is 10.7. The fraction of sp³-hybridized carbons (Fsp3) is 0.591. The SMILES string of the molecule is C=C/C=C(/C)OP(=O)(N[C@@H](C)C(=O)OC1CCCC1)OC[C@@]1(N=[N+]=[N-])O[C@@H](n2ccc(=O)[nH]c2=O)[C@H](F)[C@@H]1O. The zero-order valence-electron chi connectivity index (χ0n) is 21.3. The van der Waals surface area contributed by atoms with E-state index in [1.807, 2.05) is 4.98 Å². The summed E-state index contributed by atoms with van der Waals surface area (Å²) in [5.74, 6) is -0.674. The van der Waals surface area contributed by atoms with E-state index in [0.717, 1.165) is 25.1 Å². The van der Waals surface area contributed by atoms with Crippen LogP contribution in [0.15, 0.2) is 51.5 Å². The van der Waals surface area contributed by atoms with Crippen molar-refractivity contribution in [3.8, 4) is 0 Å². The number of aromatic amines is 1. The molecule has 3 rings (SSSR count). The predicted molar refractivity (Wildman–Crippen MR) is 134 cm³/mol. The summed E-state index contributed by atoms with van der Waals surface area (Å²) in [4.78, 5) is 40.6. The Hall–Kier alpha value is -3.26. The number of H-pyrrole nitrogens is 1. The topological polar surface area (TPSA) is 207 Å². The minimum absolute atomic E-state index is 0.0453. The largest absolute Gasteiger partial charge is 0.461 e. The van der Waals surface area contributed by atoms with Gasteiger partial charge in [-0.15, -0.1) is 0 Å². The van der Waals surface area contributed by atoms with Crippen LogP contribution >= 0.6 is 7.75 Å². The van der Waals surface area contributed by atoms with E-state index in [9.17, 15) is 24.1 Å². The van der Waals surface area contributed by atoms with Crippen LogP contribution in [0.4, 0.5) is 4.39 Å². The smallest absolute Gasteiger partial charge is 0.459 e. The molecule has 0 spiro atoms. The van der Waals surface area contributed by atoms with E-state index >= 15 is 4.39 Å². The molecule has 1 aliphatic heterocycles. The summed E-state index contributed by atoms with van der Waals surface area (Å²) in [5.41, 5.74) is 4.77. The first-order chi connectivity index (χ1) is 18.4. The summed E-state index contributed by atoms with van der Waals surface area (Å²) >= 11 is 0. The Morgan fingerprint density at radius 1 is 1.51 bits per heavy atom. The highest BCUT2D eigenvalue weighted by atomic mass is 31.2. The minimum atomic E-state index is -4.51. The molecule has 0 radical (unpaired) electrons. The van der Waals surface area contributed by atoms with Crippen molar-refractivity contribution in [2.45, 2.75) is 75.9 Å². The zero-order valence-corrected chi connectivity index (χ0v) is 22.2. The van der Waals surface area contributed by atoms with E-state index < -0.39 is 61.8 Å². The van der Waals surface area contributed by atoms with Gasteiger partial charge in [-0.2, -0.15) is 5.09 Å². The molecule has 1 aliphatic carbocycles. The van der Waals surface area contributed by atoms with E-state index in [2.05, 4.69) is 21.7 Å². The van der Waals surface area contributed by atoms with Crippen molar-refractivity contribution < 1.29 is 37.4 Å². The fourth-order valence-corrected chi connectivity index (χ4v) is 5.66. The molecular formula is C22H30FN6O9P. The first kappa shape index (κ1) is 30.3. The molecule has 0 amide bonds. The molecule has 214 valence electrons. The number of carbonyl (C=O) groups excluding carboxylic acids is 1. The Kier molecular flexibility index (Phi) is 9.88. The number of ether oxygens (including phenoxy) is 2. The molecule has 1 saturated heterocycles. The van der Waals surface area contributed by atoms with Crippen LogP contribution in [0.1, 0.15) is 45.8 Å². The van der Waals surface area contributed by atoms with Crippen LogP contribution in [-0.4, -0.2) is 57.4 Å². The van der Waals surface area contributed by atoms with Gasteiger partial charge >= 0.3 is 19.4 Å². The van der Waals surface area contributed by atoms with Crippen LogP contribution in [0.3, 0.4) is 0 Å². The number of azide groups is 1. The lowest BCUT2D eigenvalue weighted by Crippen LogP contribution is -2.45. The highest BCUT2D eigenvalue weighted by Gasteiger charge is 2.57. The molecule has 1 unspecified atom stereocenters. The number of esters is 1. The predicted octanol–water partition coefficient (Wildman–Crippen LogP) is 2.47. The molecule has 15 nitrogen and oxygen atoms in total. The Labute approximate surface area is 221 Å². The molecule has 17 heteroatoms. The third kappa shape index (κ3) is 7.24. The average Bonchev–Trinajstić information content (AvgIpc) is 3.46. The second kappa shape index (κ2) is 12.7. The normalized spacial score (nSPS) is 27.8. The van der Waals surface area contributed by atoms with Crippen molar-refractivity contribution in [2.75, 3.05) is 6.61 Å². The molecule has 1 saturated carbocycles. The average molecular weight is 572 g/mol. The van der Waals surface area contributed by atoms with Crippen LogP contribution in [0, 0.1) is 0 Å². The number of allylic oxidation sites excluding steroid dienone is 3. The minimum Gasteiger partial charge on any atom is -0.461 e. The van der Waals surface area contributed by atoms with Gasteiger partial charge in [-0.25, -0.2) is 13.8 Å². The first-order valence-electron chi connectivity index (χ1n) is 12.0. The van der Waals surface area contributed by atoms with E-state index in [4.69, 9.17) is 24.1 Å². The van der Waals surface area contributed by atoms with Crippen LogP contribution in [0.25, 0.3) is 10.4 Å². The van der Waals surface area contributed by atoms with Crippen LogP contribution < -0.4 is 16.3 Å². The van der Waals surface area contributed by atoms with E-state index in [1.165, 1.54) is 26.0 Å². The third-order valence-corrected chi connectivity index (χ3v) is 7.75. The Bertz CT molecular complexity index is 1310. The Balaban J connectivity index is 1.85. The molecular weight excluding hydrogens is 542 g/mol. The van der Waals surface area contributed by atoms with Crippen molar-refractivity contribution in [3.05, 3.63) is 68.0 Å². The number of aliphatic hydroxyl groups excluding tert-OH is 1. The fourth-order valence-electron chi connectivity index (χ4n) is 4.11. The molecule has 1 aromatic rings. The second-order valence-electron chi connectivity index (χ2n) is 9.02. The molecule has 1 aromatic heterocycles. The maximum atomic E-state index is 15.1. The molecule has 2 fully saturated rings. The molecule has 6 atom stereocenters. The maximum absolute atomic E-state index is 15.1. The van der Waals surface area contributed by atoms with Crippen molar-refractivity contribution in [1.82, 2.24) is 14.6 Å². The number of aromatic nitrogens is 2. The van der Waals surface area contributed by atoms with Gasteiger partial charge in [0.25, 0.3) is 5.56 Å². The number of nitrogens with zero attached hydrogens (tertiary/aromatic N) is 4. The Morgan fingerprint density at radius 2 is 2.21 bits per heavy atom. The van der Waals surface area contributed by atoms with Gasteiger partial charge in [0.2, 0.25) is 5.72 Å². The van der Waals surface area contributed by atoms with Gasteiger partial charge in [0.15, 0.2) is 12.4 Å². The number of hydrogen-bond donors (Lipinski definition) is 3. The van der Waals surface area contributed by atoms with Crippen LogP contribution in [0.2, 0.25) is 0 Å². The number of halogens is 1. The summed E-state index contributed by atoms with van der Waals surface area (Å²) in [6.07, 6.45) is 0.181. The van der Waals surface area contributed by atoms with Crippen molar-refractivity contribution in [3.63, 3.8) is 0 Å². The number of aliphatic hydroxyl groups is 1. The standard InChI is InChI=1S/C22H30FN6O9P/c1-4-7-13(2)38-39(34,26-14(3)20(32)36-15-8-5-6-9-15)35-12-22(27-28-24)18(31)17(23)19(37-22)29-11-10-16(30)25-21(29)33/h4,7,10-11,14-15,17-19,31H,1,5-6,8-9,12H2,2-3H3,(H,26,34)(H,25,30,33)/b13-7-/t14-,17+,18-,19+,22+,39?/m0/s1. The summed E-state index contributed by atoms with van der Waals surface area (Å²) in [7, 11) is -4.51. The lowest BCUT2D eigenvalue weighted by molar-refractivity contribution is -0.150. The third-order valence-electron chi connectivity index (χ3n) is 6.05. The molecule has 3 N–H and O–H groups in total. The molecule has 2 heterocycles. The molecule has 0 aromatic carbocycles. The van der Waals surface area contributed by atoms with Crippen LogP contribution in [-0.2, 0) is 27.9 Å². The van der Waals surface area contributed by atoms with E-state index in [-0.39, 0.29) is 11.9 Å². The van der Waals surface area contributed by atoms with Gasteiger partial charge < -0.3 is 19.1 Å². The van der Waals surface area contributed by atoms with Crippen molar-refractivity contribution in [2.24, 2.45) is 5.11 Å². The lowest BCUT2D eigenvalue weighted by atomic mass is 10.1. The quantitative estimate of drug-likeness (QED) is 0.0634. The summed E-state index contributed by atoms with van der Waals surface area (Å²) < 4.78 is 51.1. The van der Waals surface area contributed by atoms with Crippen LogP contribution in [0.5, 0.6) is 0 Å². The zero-order chi connectivity index (χ0) is 28.8. The number of nitrogens with one attached hydrogen (secondary N) is 2. The number of alkyl halides is 1. The summed E-state index contributed by atoms with van der Waals surface area (Å²) in [5, 5.41) is 16.4. The van der Waals surface area contributed by atoms with Gasteiger partial charge in [-0.05, 0) is 51.1 Å². The lowest BCUT2D eigenvalue weighted by Gasteiger charge is -2.29. The Morgan fingerprint density at radius 3 is 2.82 bits per heavy atom. The molecule has 0 bridgehead atoms. The molecule has 2 aliphatic rings. The molecule has 39 heavy (non-hydrogen) atoms. The number of hydrogen-bond acceptors (Lipinski definition) is 10. The van der Waals surface area contributed by atoms with E-state index in [0.29, 0.717) is 17.4 Å². The van der Waals surface area contributed by atoms with Gasteiger partial charge in [0, 0.05) is 17.2 Å². The van der Waals surface area contributed by atoms with Crippen molar-refractivity contribution in [1.29, 1.82) is 0 Å². The maximum Gasteiger partial charge on any atom is 0.459 e. The van der Waals surface area contributed by atoms with Crippen molar-refractivity contribution >= 4 is 13.7 Å². The first-order valence-corrected chi connectivity index (χ1v) is 13.6. The van der Waals surface area contributed by atoms with Gasteiger partial charge in [-0.1, -0.05) is 17.8 Å². The summed E-state index contributed by atoms with van der Waals surface area (Å²) in [6, 6.07) is -0.278.